The SMILES string of the molecule is CCc1c(C2=[N+](C)C(C)(C)CO2)ccc(C(F)(F)F)c1C.[I-]. The lowest BCUT2D eigenvalue weighted by Gasteiger charge is -2.16. The third-order valence-corrected chi connectivity index (χ3v) is 4.26. The molecule has 1 aliphatic rings. The van der Waals surface area contributed by atoms with Crippen LogP contribution >= 0.6 is 0 Å². The summed E-state index contributed by atoms with van der Waals surface area (Å²) in [5, 5.41) is 0. The molecular formula is C16H21F3INO. The van der Waals surface area contributed by atoms with Crippen molar-refractivity contribution in [2.45, 2.75) is 45.8 Å². The highest BCUT2D eigenvalue weighted by Crippen LogP contribution is 2.35. The smallest absolute Gasteiger partial charge is 0.416 e. The summed E-state index contributed by atoms with van der Waals surface area (Å²) in [4.78, 5) is 0. The van der Waals surface area contributed by atoms with Gasteiger partial charge in [-0.15, -0.1) is 0 Å². The first-order chi connectivity index (χ1) is 9.59. The van der Waals surface area contributed by atoms with Gasteiger partial charge >= 0.3 is 12.1 Å². The Bertz CT molecular complexity index is 606. The predicted molar refractivity (Wildman–Crippen MR) is 75.9 cm³/mol. The highest BCUT2D eigenvalue weighted by molar-refractivity contribution is 5.93. The fourth-order valence-corrected chi connectivity index (χ4v) is 2.69. The Morgan fingerprint density at radius 3 is 2.27 bits per heavy atom. The van der Waals surface area contributed by atoms with Crippen LogP contribution in [0.3, 0.4) is 0 Å². The van der Waals surface area contributed by atoms with Crippen molar-refractivity contribution in [3.63, 3.8) is 0 Å². The van der Waals surface area contributed by atoms with Gasteiger partial charge in [0.05, 0.1) is 11.1 Å². The molecule has 2 rings (SSSR count). The second kappa shape index (κ2) is 6.37. The van der Waals surface area contributed by atoms with Gasteiger partial charge in [0.1, 0.15) is 7.05 Å². The van der Waals surface area contributed by atoms with Crippen LogP contribution in [0.2, 0.25) is 0 Å². The zero-order valence-electron chi connectivity index (χ0n) is 13.4. The summed E-state index contributed by atoms with van der Waals surface area (Å²) < 4.78 is 46.8. The summed E-state index contributed by atoms with van der Waals surface area (Å²) in [5.41, 5.74) is 1.03. The van der Waals surface area contributed by atoms with Crippen molar-refractivity contribution < 1.29 is 46.5 Å². The number of hydrogen-bond acceptors (Lipinski definition) is 1. The van der Waals surface area contributed by atoms with Gasteiger partial charge in [0.15, 0.2) is 12.1 Å². The maximum atomic E-state index is 13.0. The molecule has 0 bridgehead atoms. The standard InChI is InChI=1S/C16H21F3NO.HI/c1-6-11-10(2)13(16(17,18)19)8-7-12(11)14-20(5)15(3,4)9-21-14;/h7-8H,6,9H2,1-5H3;1H/q+1;/p-1. The van der Waals surface area contributed by atoms with E-state index in [4.69, 9.17) is 4.74 Å². The number of likely N-dealkylation sites (N-methyl/N-ethyl adjacent to an activating group) is 1. The van der Waals surface area contributed by atoms with Crippen molar-refractivity contribution in [2.24, 2.45) is 0 Å². The first-order valence-electron chi connectivity index (χ1n) is 7.03. The monoisotopic (exact) mass is 427 g/mol. The topological polar surface area (TPSA) is 12.2 Å². The fraction of sp³-hybridized carbons (Fsp3) is 0.562. The van der Waals surface area contributed by atoms with Crippen LogP contribution in [0.5, 0.6) is 0 Å². The van der Waals surface area contributed by atoms with E-state index in [9.17, 15) is 13.2 Å². The van der Waals surface area contributed by atoms with E-state index in [0.717, 1.165) is 11.6 Å². The molecule has 1 aromatic carbocycles. The number of alkyl halides is 3. The third-order valence-electron chi connectivity index (χ3n) is 4.26. The van der Waals surface area contributed by atoms with Crippen LogP contribution in [0, 0.1) is 6.92 Å². The Balaban J connectivity index is 0.00000242. The van der Waals surface area contributed by atoms with Gasteiger partial charge in [-0.05, 0) is 36.6 Å². The van der Waals surface area contributed by atoms with Gasteiger partial charge in [0.25, 0.3) is 0 Å². The van der Waals surface area contributed by atoms with Gasteiger partial charge in [0, 0.05) is 13.8 Å². The lowest BCUT2D eigenvalue weighted by atomic mass is 9.94. The van der Waals surface area contributed by atoms with Crippen LogP contribution in [-0.2, 0) is 17.3 Å². The van der Waals surface area contributed by atoms with Gasteiger partial charge in [-0.2, -0.15) is 17.7 Å². The molecule has 2 nitrogen and oxygen atoms in total. The van der Waals surface area contributed by atoms with Crippen LogP contribution in [0.4, 0.5) is 13.2 Å². The highest BCUT2D eigenvalue weighted by Gasteiger charge is 2.42. The molecule has 0 N–H and O–H groups in total. The molecule has 6 heteroatoms. The van der Waals surface area contributed by atoms with E-state index >= 15 is 0 Å². The van der Waals surface area contributed by atoms with Crippen molar-refractivity contribution in [2.75, 3.05) is 13.7 Å². The molecule has 1 aliphatic heterocycles. The first-order valence-corrected chi connectivity index (χ1v) is 7.03. The minimum absolute atomic E-state index is 0. The molecule has 0 atom stereocenters. The van der Waals surface area contributed by atoms with E-state index in [2.05, 4.69) is 0 Å². The molecule has 0 fully saturated rings. The van der Waals surface area contributed by atoms with Crippen molar-refractivity contribution in [3.8, 4) is 0 Å². The number of hydrogen-bond donors (Lipinski definition) is 0. The van der Waals surface area contributed by atoms with E-state index in [-0.39, 0.29) is 35.1 Å². The van der Waals surface area contributed by atoms with Crippen LogP contribution < -0.4 is 24.0 Å². The van der Waals surface area contributed by atoms with E-state index in [1.54, 1.807) is 0 Å². The quantitative estimate of drug-likeness (QED) is 0.502. The van der Waals surface area contributed by atoms with Crippen LogP contribution in [0.15, 0.2) is 12.1 Å². The maximum absolute atomic E-state index is 13.0. The van der Waals surface area contributed by atoms with Crippen molar-refractivity contribution in [1.29, 1.82) is 0 Å². The van der Waals surface area contributed by atoms with E-state index in [0.29, 0.717) is 24.5 Å². The summed E-state index contributed by atoms with van der Waals surface area (Å²) in [6.45, 7) is 8.02. The molecule has 124 valence electrons. The van der Waals surface area contributed by atoms with Crippen LogP contribution in [0.1, 0.15) is 43.0 Å². The number of rotatable bonds is 2. The van der Waals surface area contributed by atoms with Gasteiger partial charge in [-0.25, -0.2) is 0 Å². The Morgan fingerprint density at radius 2 is 1.86 bits per heavy atom. The number of halogens is 4. The van der Waals surface area contributed by atoms with Gasteiger partial charge in [-0.3, -0.25) is 0 Å². The van der Waals surface area contributed by atoms with E-state index < -0.39 is 11.7 Å². The Morgan fingerprint density at radius 1 is 1.27 bits per heavy atom. The van der Waals surface area contributed by atoms with Gasteiger partial charge in [-0.1, -0.05) is 6.92 Å². The summed E-state index contributed by atoms with van der Waals surface area (Å²) in [6, 6.07) is 2.68. The molecule has 1 aromatic rings. The summed E-state index contributed by atoms with van der Waals surface area (Å²) in [6.07, 6.45) is -3.79. The van der Waals surface area contributed by atoms with Crippen molar-refractivity contribution >= 4 is 5.90 Å². The summed E-state index contributed by atoms with van der Waals surface area (Å²) in [7, 11) is 1.91. The number of benzene rings is 1. The largest absolute Gasteiger partial charge is 1.00 e. The molecular weight excluding hydrogens is 406 g/mol. The minimum atomic E-state index is -4.32. The van der Waals surface area contributed by atoms with E-state index in [1.807, 2.05) is 32.4 Å². The molecule has 0 radical (unpaired) electrons. The maximum Gasteiger partial charge on any atom is 0.416 e. The number of nitrogens with zero attached hydrogens (tertiary/aromatic N) is 1. The molecule has 0 aliphatic carbocycles. The minimum Gasteiger partial charge on any atom is -1.00 e. The second-order valence-corrected chi connectivity index (χ2v) is 6.08. The molecule has 0 spiro atoms. The highest BCUT2D eigenvalue weighted by atomic mass is 127. The summed E-state index contributed by atoms with van der Waals surface area (Å²) in [5.74, 6) is 0.661. The van der Waals surface area contributed by atoms with Crippen molar-refractivity contribution in [1.82, 2.24) is 0 Å². The average Bonchev–Trinajstić information content (AvgIpc) is 2.62. The van der Waals surface area contributed by atoms with Gasteiger partial charge < -0.3 is 28.7 Å². The Labute approximate surface area is 146 Å². The molecule has 0 amide bonds. The molecule has 0 aromatic heterocycles. The Kier molecular flexibility index (Phi) is 5.58. The molecule has 0 saturated heterocycles. The lowest BCUT2D eigenvalue weighted by molar-refractivity contribution is -0.562. The lowest BCUT2D eigenvalue weighted by Crippen LogP contribution is -3.00. The summed E-state index contributed by atoms with van der Waals surface area (Å²) >= 11 is 0. The zero-order valence-corrected chi connectivity index (χ0v) is 15.6. The molecule has 1 heterocycles. The molecule has 22 heavy (non-hydrogen) atoms. The third kappa shape index (κ3) is 3.26. The fourth-order valence-electron chi connectivity index (χ4n) is 2.69. The molecule has 0 unspecified atom stereocenters. The first kappa shape index (κ1) is 19.3. The van der Waals surface area contributed by atoms with Gasteiger partial charge in [0.2, 0.25) is 0 Å². The average molecular weight is 427 g/mol. The van der Waals surface area contributed by atoms with E-state index in [1.165, 1.54) is 13.0 Å². The van der Waals surface area contributed by atoms with Crippen LogP contribution in [-0.4, -0.2) is 29.7 Å². The molecule has 0 saturated carbocycles. The second-order valence-electron chi connectivity index (χ2n) is 6.08. The predicted octanol–water partition coefficient (Wildman–Crippen LogP) is 0.778. The normalized spacial score (nSPS) is 17.3. The Hall–Kier alpha value is -0.790. The van der Waals surface area contributed by atoms with Crippen molar-refractivity contribution in [3.05, 3.63) is 34.4 Å². The zero-order chi connectivity index (χ0) is 16.0. The number of ether oxygens (including phenoxy) is 1. The van der Waals surface area contributed by atoms with Crippen LogP contribution in [0.25, 0.3) is 0 Å².